The predicted molar refractivity (Wildman–Crippen MR) is 123 cm³/mol. The van der Waals surface area contributed by atoms with Gasteiger partial charge in [0, 0.05) is 40.9 Å². The van der Waals surface area contributed by atoms with Crippen molar-refractivity contribution in [3.63, 3.8) is 0 Å². The van der Waals surface area contributed by atoms with E-state index in [9.17, 15) is 14.9 Å². The molecule has 12 heteroatoms. The Bertz CT molecular complexity index is 1330. The molecule has 0 saturated carbocycles. The summed E-state index contributed by atoms with van der Waals surface area (Å²) in [4.78, 5) is 36.3. The largest absolute Gasteiger partial charge is 0.302 e. The standard InChI is InChI=1S/C20H19N7O3S2/c1-11-15(12(2)26-18(21-11)24-20(25-26)31-3)7-8-17(28)23-19-22-16(10-32-19)13-5-4-6-14(9-13)27(29)30/h4-6,9-10H,7-8H2,1-3H3,(H,22,23,28). The molecule has 0 unspecified atom stereocenters. The fourth-order valence-corrected chi connectivity index (χ4v) is 4.37. The first-order valence-corrected chi connectivity index (χ1v) is 11.7. The van der Waals surface area contributed by atoms with Crippen LogP contribution in [0.3, 0.4) is 0 Å². The van der Waals surface area contributed by atoms with E-state index in [0.717, 1.165) is 17.0 Å². The summed E-state index contributed by atoms with van der Waals surface area (Å²) in [6, 6.07) is 6.24. The van der Waals surface area contributed by atoms with Crippen LogP contribution in [0.1, 0.15) is 23.4 Å². The first-order valence-electron chi connectivity index (χ1n) is 9.62. The fourth-order valence-electron chi connectivity index (χ4n) is 3.30. The average molecular weight is 470 g/mol. The number of anilines is 1. The molecule has 0 bridgehead atoms. The third kappa shape index (κ3) is 4.46. The molecule has 0 aliphatic carbocycles. The third-order valence-corrected chi connectivity index (χ3v) is 6.21. The molecule has 1 N–H and O–H groups in total. The van der Waals surface area contributed by atoms with E-state index >= 15 is 0 Å². The number of thiazole rings is 1. The minimum Gasteiger partial charge on any atom is -0.302 e. The lowest BCUT2D eigenvalue weighted by atomic mass is 10.1. The average Bonchev–Trinajstić information content (AvgIpc) is 3.40. The first kappa shape index (κ1) is 21.8. The number of carbonyl (C=O) groups excluding carboxylic acids is 1. The summed E-state index contributed by atoms with van der Waals surface area (Å²) in [6.45, 7) is 3.85. The number of hydrogen-bond acceptors (Lipinski definition) is 9. The zero-order chi connectivity index (χ0) is 22.8. The highest BCUT2D eigenvalue weighted by atomic mass is 32.2. The number of aromatic nitrogens is 5. The van der Waals surface area contributed by atoms with Gasteiger partial charge in [-0.15, -0.1) is 16.4 Å². The lowest BCUT2D eigenvalue weighted by Crippen LogP contribution is -2.14. The van der Waals surface area contributed by atoms with E-state index in [4.69, 9.17) is 0 Å². The van der Waals surface area contributed by atoms with Gasteiger partial charge in [-0.05, 0) is 32.1 Å². The number of nitrogens with one attached hydrogen (secondary N) is 1. The van der Waals surface area contributed by atoms with Gasteiger partial charge in [0.05, 0.1) is 10.6 Å². The van der Waals surface area contributed by atoms with Gasteiger partial charge in [0.2, 0.25) is 11.1 Å². The van der Waals surface area contributed by atoms with Crippen LogP contribution in [0, 0.1) is 24.0 Å². The van der Waals surface area contributed by atoms with Crippen molar-refractivity contribution in [3.05, 3.63) is 56.7 Å². The monoisotopic (exact) mass is 469 g/mol. The number of nitrogens with zero attached hydrogens (tertiary/aromatic N) is 6. The number of rotatable bonds is 7. The summed E-state index contributed by atoms with van der Waals surface area (Å²) < 4.78 is 1.71. The van der Waals surface area contributed by atoms with Gasteiger partial charge in [-0.25, -0.2) is 14.5 Å². The number of hydrogen-bond donors (Lipinski definition) is 1. The lowest BCUT2D eigenvalue weighted by Gasteiger charge is -2.10. The molecule has 32 heavy (non-hydrogen) atoms. The first-order chi connectivity index (χ1) is 15.4. The van der Waals surface area contributed by atoms with Crippen molar-refractivity contribution in [1.29, 1.82) is 0 Å². The molecule has 4 aromatic rings. The minimum absolute atomic E-state index is 0.00515. The Morgan fingerprint density at radius 1 is 1.28 bits per heavy atom. The molecule has 0 atom stereocenters. The Kier molecular flexibility index (Phi) is 6.15. The molecular formula is C20H19N7O3S2. The zero-order valence-corrected chi connectivity index (χ0v) is 19.2. The van der Waals surface area contributed by atoms with Gasteiger partial charge in [0.25, 0.3) is 11.5 Å². The molecule has 1 aromatic carbocycles. The number of thioether (sulfide) groups is 1. The van der Waals surface area contributed by atoms with Crippen LogP contribution in [0.15, 0.2) is 34.8 Å². The Hall–Kier alpha value is -3.38. The summed E-state index contributed by atoms with van der Waals surface area (Å²) >= 11 is 2.72. The van der Waals surface area contributed by atoms with Crippen molar-refractivity contribution < 1.29 is 9.72 Å². The maximum absolute atomic E-state index is 12.5. The van der Waals surface area contributed by atoms with E-state index in [1.807, 2.05) is 20.1 Å². The second-order valence-electron chi connectivity index (χ2n) is 6.96. The Morgan fingerprint density at radius 2 is 2.09 bits per heavy atom. The molecule has 3 heterocycles. The van der Waals surface area contributed by atoms with Crippen LogP contribution in [0.5, 0.6) is 0 Å². The van der Waals surface area contributed by atoms with Crippen LogP contribution in [0.4, 0.5) is 10.8 Å². The number of fused-ring (bicyclic) bond motifs is 1. The molecule has 164 valence electrons. The van der Waals surface area contributed by atoms with Crippen molar-refractivity contribution in [1.82, 2.24) is 24.6 Å². The van der Waals surface area contributed by atoms with E-state index in [1.165, 1.54) is 35.2 Å². The van der Waals surface area contributed by atoms with Gasteiger partial charge in [-0.2, -0.15) is 4.98 Å². The van der Waals surface area contributed by atoms with Crippen LogP contribution < -0.4 is 5.32 Å². The van der Waals surface area contributed by atoms with E-state index in [2.05, 4.69) is 25.4 Å². The highest BCUT2D eigenvalue weighted by Gasteiger charge is 2.16. The molecule has 4 rings (SSSR count). The molecular weight excluding hydrogens is 450 g/mol. The number of carbonyl (C=O) groups is 1. The Balaban J connectivity index is 1.44. The molecule has 0 aliphatic heterocycles. The van der Waals surface area contributed by atoms with Crippen LogP contribution >= 0.6 is 23.1 Å². The summed E-state index contributed by atoms with van der Waals surface area (Å²) in [5.74, 6) is 0.376. The SMILES string of the molecule is CSc1nc2nc(C)c(CCC(=O)Nc3nc(-c4cccc([N+](=O)[O-])c4)cs3)c(C)n2n1. The van der Waals surface area contributed by atoms with Crippen molar-refractivity contribution in [2.45, 2.75) is 31.8 Å². The van der Waals surface area contributed by atoms with E-state index in [0.29, 0.717) is 33.7 Å². The van der Waals surface area contributed by atoms with Crippen molar-refractivity contribution in [2.75, 3.05) is 11.6 Å². The second-order valence-corrected chi connectivity index (χ2v) is 8.60. The minimum atomic E-state index is -0.448. The van der Waals surface area contributed by atoms with Crippen molar-refractivity contribution >= 4 is 45.6 Å². The number of nitro benzene ring substituents is 1. The van der Waals surface area contributed by atoms with Crippen molar-refractivity contribution in [3.8, 4) is 11.3 Å². The maximum Gasteiger partial charge on any atom is 0.270 e. The quantitative estimate of drug-likeness (QED) is 0.244. The molecule has 10 nitrogen and oxygen atoms in total. The van der Waals surface area contributed by atoms with Gasteiger partial charge in [0.1, 0.15) is 0 Å². The second kappa shape index (κ2) is 9.01. The summed E-state index contributed by atoms with van der Waals surface area (Å²) in [7, 11) is 0. The number of nitro groups is 1. The van der Waals surface area contributed by atoms with Gasteiger partial charge >= 0.3 is 0 Å². The number of amides is 1. The Morgan fingerprint density at radius 3 is 2.84 bits per heavy atom. The molecule has 0 radical (unpaired) electrons. The maximum atomic E-state index is 12.5. The molecule has 3 aromatic heterocycles. The molecule has 0 saturated heterocycles. The fraction of sp³-hybridized carbons (Fsp3) is 0.250. The van der Waals surface area contributed by atoms with Gasteiger partial charge < -0.3 is 5.32 Å². The number of benzene rings is 1. The van der Waals surface area contributed by atoms with E-state index < -0.39 is 4.92 Å². The van der Waals surface area contributed by atoms with Crippen LogP contribution in [-0.2, 0) is 11.2 Å². The van der Waals surface area contributed by atoms with Crippen LogP contribution in [-0.4, -0.2) is 41.7 Å². The van der Waals surface area contributed by atoms with E-state index in [1.54, 1.807) is 22.0 Å². The topological polar surface area (TPSA) is 128 Å². The number of non-ortho nitro benzene ring substituents is 1. The van der Waals surface area contributed by atoms with Crippen molar-refractivity contribution in [2.24, 2.45) is 0 Å². The predicted octanol–water partition coefficient (Wildman–Crippen LogP) is 4.07. The lowest BCUT2D eigenvalue weighted by molar-refractivity contribution is -0.384. The Labute approximate surface area is 191 Å². The van der Waals surface area contributed by atoms with Crippen LogP contribution in [0.25, 0.3) is 17.0 Å². The number of aryl methyl sites for hydroxylation is 2. The van der Waals surface area contributed by atoms with Gasteiger partial charge in [-0.1, -0.05) is 23.9 Å². The van der Waals surface area contributed by atoms with Gasteiger partial charge in [0.15, 0.2) is 5.13 Å². The third-order valence-electron chi connectivity index (χ3n) is 4.92. The highest BCUT2D eigenvalue weighted by Crippen LogP contribution is 2.27. The zero-order valence-electron chi connectivity index (χ0n) is 17.5. The summed E-state index contributed by atoms with van der Waals surface area (Å²) in [5.41, 5.74) is 3.89. The van der Waals surface area contributed by atoms with Crippen LogP contribution in [0.2, 0.25) is 0 Å². The normalized spacial score (nSPS) is 11.1. The van der Waals surface area contributed by atoms with Gasteiger partial charge in [-0.3, -0.25) is 14.9 Å². The summed E-state index contributed by atoms with van der Waals surface area (Å²) in [6.07, 6.45) is 2.67. The van der Waals surface area contributed by atoms with E-state index in [-0.39, 0.29) is 18.0 Å². The summed E-state index contributed by atoms with van der Waals surface area (Å²) in [5, 5.41) is 21.1. The molecule has 0 spiro atoms. The molecule has 0 aliphatic rings. The smallest absolute Gasteiger partial charge is 0.270 e. The molecule has 0 fully saturated rings. The highest BCUT2D eigenvalue weighted by molar-refractivity contribution is 7.98. The molecule has 1 amide bonds.